The molecule has 0 atom stereocenters. The van der Waals surface area contributed by atoms with E-state index in [-0.39, 0.29) is 17.2 Å². The third-order valence-corrected chi connectivity index (χ3v) is 1.50. The minimum absolute atomic E-state index is 0.270. The van der Waals surface area contributed by atoms with E-state index >= 15 is 0 Å². The summed E-state index contributed by atoms with van der Waals surface area (Å²) in [7, 11) is 1.46. The van der Waals surface area contributed by atoms with Gasteiger partial charge in [0, 0.05) is 13.2 Å². The molecule has 1 rings (SSSR count). The maximum absolute atomic E-state index is 12.0. The fourth-order valence-corrected chi connectivity index (χ4v) is 0.813. The Balaban J connectivity index is 2.87. The minimum atomic E-state index is -2.60. The van der Waals surface area contributed by atoms with Crippen LogP contribution in [0.2, 0.25) is 0 Å². The second kappa shape index (κ2) is 3.93. The van der Waals surface area contributed by atoms with Gasteiger partial charge in [0.15, 0.2) is 0 Å². The van der Waals surface area contributed by atoms with Crippen LogP contribution in [0.25, 0.3) is 0 Å². The van der Waals surface area contributed by atoms with E-state index in [1.165, 1.54) is 13.1 Å². The quantitative estimate of drug-likeness (QED) is 0.758. The van der Waals surface area contributed by atoms with Crippen molar-refractivity contribution >= 4 is 5.91 Å². The second-order valence-corrected chi connectivity index (χ2v) is 2.35. The maximum Gasteiger partial charge on any atom is 0.280 e. The van der Waals surface area contributed by atoms with Gasteiger partial charge in [0.05, 0.1) is 5.56 Å². The van der Waals surface area contributed by atoms with E-state index in [1.807, 2.05) is 0 Å². The monoisotopic (exact) mass is 186 g/mol. The van der Waals surface area contributed by atoms with Gasteiger partial charge in [-0.2, -0.15) is 0 Å². The number of hydrogen-bond donors (Lipinski definition) is 1. The van der Waals surface area contributed by atoms with Crippen LogP contribution in [0.1, 0.15) is 22.5 Å². The highest BCUT2D eigenvalue weighted by Crippen LogP contribution is 2.15. The number of carbonyl (C=O) groups is 1. The molecule has 0 aliphatic rings. The first-order chi connectivity index (χ1) is 6.15. The van der Waals surface area contributed by atoms with Gasteiger partial charge in [-0.3, -0.25) is 9.78 Å². The zero-order valence-corrected chi connectivity index (χ0v) is 6.92. The van der Waals surface area contributed by atoms with E-state index in [9.17, 15) is 13.6 Å². The summed E-state index contributed by atoms with van der Waals surface area (Å²) >= 11 is 0. The number of halogens is 2. The van der Waals surface area contributed by atoms with Gasteiger partial charge in [0.2, 0.25) is 0 Å². The first kappa shape index (κ1) is 9.57. The third kappa shape index (κ3) is 2.21. The third-order valence-electron chi connectivity index (χ3n) is 1.50. The molecule has 0 aromatic carbocycles. The van der Waals surface area contributed by atoms with Crippen LogP contribution < -0.4 is 5.32 Å². The smallest absolute Gasteiger partial charge is 0.280 e. The Labute approximate surface area is 73.8 Å². The molecule has 0 saturated heterocycles. The molecule has 0 radical (unpaired) electrons. The Morgan fingerprint density at radius 2 is 2.23 bits per heavy atom. The fourth-order valence-electron chi connectivity index (χ4n) is 0.813. The first-order valence-corrected chi connectivity index (χ1v) is 3.61. The van der Waals surface area contributed by atoms with Crippen molar-refractivity contribution in [3.05, 3.63) is 29.6 Å². The molecule has 0 spiro atoms. The van der Waals surface area contributed by atoms with E-state index in [4.69, 9.17) is 0 Å². The van der Waals surface area contributed by atoms with Crippen molar-refractivity contribution in [2.24, 2.45) is 0 Å². The van der Waals surface area contributed by atoms with Crippen LogP contribution in [-0.2, 0) is 0 Å². The lowest BCUT2D eigenvalue weighted by molar-refractivity contribution is 0.0962. The summed E-state index contributed by atoms with van der Waals surface area (Å²) in [6.07, 6.45) is -1.47. The van der Waals surface area contributed by atoms with Gasteiger partial charge < -0.3 is 5.32 Å². The summed E-state index contributed by atoms with van der Waals surface area (Å²) in [5.41, 5.74) is -0.0560. The van der Waals surface area contributed by atoms with Crippen LogP contribution in [0.4, 0.5) is 8.78 Å². The van der Waals surface area contributed by atoms with Gasteiger partial charge in [-0.1, -0.05) is 0 Å². The Morgan fingerprint density at radius 3 is 2.62 bits per heavy atom. The lowest BCUT2D eigenvalue weighted by Crippen LogP contribution is -2.17. The highest BCUT2D eigenvalue weighted by molar-refractivity contribution is 5.93. The maximum atomic E-state index is 12.0. The molecular formula is C8H8F2N2O. The number of nitrogens with zero attached hydrogens (tertiary/aromatic N) is 1. The Kier molecular flexibility index (Phi) is 2.89. The van der Waals surface area contributed by atoms with E-state index in [1.54, 1.807) is 0 Å². The number of nitrogens with one attached hydrogen (secondary N) is 1. The Hall–Kier alpha value is -1.52. The summed E-state index contributed by atoms with van der Waals surface area (Å²) in [5, 5.41) is 2.36. The molecular weight excluding hydrogens is 178 g/mol. The molecule has 1 amide bonds. The normalized spacial score (nSPS) is 10.2. The van der Waals surface area contributed by atoms with Gasteiger partial charge in [0.1, 0.15) is 5.69 Å². The Bertz CT molecular complexity index is 298. The molecule has 1 aromatic heterocycles. The molecule has 3 nitrogen and oxygen atoms in total. The molecule has 0 aliphatic heterocycles. The average molecular weight is 186 g/mol. The van der Waals surface area contributed by atoms with Gasteiger partial charge in [-0.05, 0) is 12.1 Å². The average Bonchev–Trinajstić information content (AvgIpc) is 2.17. The van der Waals surface area contributed by atoms with E-state index in [0.29, 0.717) is 0 Å². The number of aromatic nitrogens is 1. The predicted octanol–water partition coefficient (Wildman–Crippen LogP) is 1.38. The summed E-state index contributed by atoms with van der Waals surface area (Å²) in [6.45, 7) is 0. The zero-order chi connectivity index (χ0) is 9.84. The number of pyridine rings is 1. The van der Waals surface area contributed by atoms with E-state index in [0.717, 1.165) is 12.3 Å². The molecule has 1 aromatic rings. The molecule has 0 saturated carbocycles. The molecule has 0 unspecified atom stereocenters. The summed E-state index contributed by atoms with van der Waals surface area (Å²) in [5.74, 6) is -0.340. The van der Waals surface area contributed by atoms with Crippen LogP contribution in [0, 0.1) is 0 Å². The number of rotatable bonds is 2. The molecule has 0 aliphatic carbocycles. The molecule has 0 fully saturated rings. The van der Waals surface area contributed by atoms with Gasteiger partial charge in [0.25, 0.3) is 12.3 Å². The first-order valence-electron chi connectivity index (χ1n) is 3.61. The standard InChI is InChI=1S/C8H8F2N2O/c1-11-8(13)5-2-3-6(7(9)10)12-4-5/h2-4,7H,1H3,(H,11,13). The fraction of sp³-hybridized carbons (Fsp3) is 0.250. The van der Waals surface area contributed by atoms with Crippen LogP contribution >= 0.6 is 0 Å². The van der Waals surface area contributed by atoms with Crippen molar-refractivity contribution in [2.45, 2.75) is 6.43 Å². The van der Waals surface area contributed by atoms with Crippen molar-refractivity contribution in [3.63, 3.8) is 0 Å². The van der Waals surface area contributed by atoms with Crippen molar-refractivity contribution < 1.29 is 13.6 Å². The molecule has 70 valence electrons. The van der Waals surface area contributed by atoms with Crippen molar-refractivity contribution in [1.29, 1.82) is 0 Å². The largest absolute Gasteiger partial charge is 0.355 e. The summed E-state index contributed by atoms with van der Waals surface area (Å²) in [4.78, 5) is 14.4. The van der Waals surface area contributed by atoms with Crippen LogP contribution in [-0.4, -0.2) is 17.9 Å². The predicted molar refractivity (Wildman–Crippen MR) is 42.6 cm³/mol. The lowest BCUT2D eigenvalue weighted by atomic mass is 10.2. The molecule has 0 bridgehead atoms. The van der Waals surface area contributed by atoms with Crippen LogP contribution in [0.15, 0.2) is 18.3 Å². The molecule has 1 heterocycles. The van der Waals surface area contributed by atoms with Crippen molar-refractivity contribution in [1.82, 2.24) is 10.3 Å². The summed E-state index contributed by atoms with van der Waals surface area (Å²) < 4.78 is 24.0. The van der Waals surface area contributed by atoms with Crippen molar-refractivity contribution in [2.75, 3.05) is 7.05 Å². The number of carbonyl (C=O) groups excluding carboxylic acids is 1. The number of amides is 1. The highest BCUT2D eigenvalue weighted by Gasteiger charge is 2.09. The van der Waals surface area contributed by atoms with E-state index in [2.05, 4.69) is 10.3 Å². The SMILES string of the molecule is CNC(=O)c1ccc(C(F)F)nc1. The number of alkyl halides is 2. The topological polar surface area (TPSA) is 42.0 Å². The van der Waals surface area contributed by atoms with Gasteiger partial charge in [-0.25, -0.2) is 8.78 Å². The van der Waals surface area contributed by atoms with E-state index < -0.39 is 6.43 Å². The summed E-state index contributed by atoms with van der Waals surface area (Å²) in [6, 6.07) is 2.45. The Morgan fingerprint density at radius 1 is 1.54 bits per heavy atom. The van der Waals surface area contributed by atoms with Crippen LogP contribution in [0.5, 0.6) is 0 Å². The van der Waals surface area contributed by atoms with Crippen LogP contribution in [0.3, 0.4) is 0 Å². The highest BCUT2D eigenvalue weighted by atomic mass is 19.3. The van der Waals surface area contributed by atoms with Crippen molar-refractivity contribution in [3.8, 4) is 0 Å². The van der Waals surface area contributed by atoms with Gasteiger partial charge >= 0.3 is 0 Å². The lowest BCUT2D eigenvalue weighted by Gasteiger charge is -2.00. The molecule has 1 N–H and O–H groups in total. The second-order valence-electron chi connectivity index (χ2n) is 2.35. The zero-order valence-electron chi connectivity index (χ0n) is 6.92. The number of hydrogen-bond acceptors (Lipinski definition) is 2. The van der Waals surface area contributed by atoms with Gasteiger partial charge in [-0.15, -0.1) is 0 Å². The molecule has 5 heteroatoms. The molecule has 13 heavy (non-hydrogen) atoms. The minimum Gasteiger partial charge on any atom is -0.355 e.